The van der Waals surface area contributed by atoms with E-state index in [4.69, 9.17) is 9.47 Å². The first-order valence-corrected chi connectivity index (χ1v) is 8.24. The summed E-state index contributed by atoms with van der Waals surface area (Å²) >= 11 is 0. The summed E-state index contributed by atoms with van der Waals surface area (Å²) in [6.07, 6.45) is 4.73. The predicted octanol–water partition coefficient (Wildman–Crippen LogP) is 1.85. The average molecular weight is 345 g/mol. The third kappa shape index (κ3) is 4.96. The van der Waals surface area contributed by atoms with Crippen molar-refractivity contribution < 1.29 is 18.7 Å². The van der Waals surface area contributed by atoms with Gasteiger partial charge < -0.3 is 14.4 Å². The fourth-order valence-corrected chi connectivity index (χ4v) is 2.69. The van der Waals surface area contributed by atoms with E-state index in [0.29, 0.717) is 19.7 Å². The molecule has 1 aliphatic heterocycles. The number of halogens is 1. The second-order valence-corrected chi connectivity index (χ2v) is 5.79. The van der Waals surface area contributed by atoms with Gasteiger partial charge in [-0.2, -0.15) is 0 Å². The Kier molecular flexibility index (Phi) is 5.90. The van der Waals surface area contributed by atoms with Gasteiger partial charge in [0.2, 0.25) is 0 Å². The molecule has 0 aliphatic carbocycles. The number of amides is 1. The molecule has 1 saturated heterocycles. The fourth-order valence-electron chi connectivity index (χ4n) is 2.69. The summed E-state index contributed by atoms with van der Waals surface area (Å²) in [6.45, 7) is 1.33. The Morgan fingerprint density at radius 1 is 1.36 bits per heavy atom. The summed E-state index contributed by atoms with van der Waals surface area (Å²) in [5.74, 6) is -0.553. The standard InChI is InChI=1S/C18H20FN3O3/c19-16-3-1-2-4-17(16)25-12-18(23)22-9-10-24-15(11-22)6-5-14-7-8-20-13-21-14/h1-4,7-8,13,15H,5-6,9-12H2. The summed E-state index contributed by atoms with van der Waals surface area (Å²) in [7, 11) is 0. The molecule has 1 unspecified atom stereocenters. The average Bonchev–Trinajstić information content (AvgIpc) is 2.66. The zero-order chi connectivity index (χ0) is 17.5. The van der Waals surface area contributed by atoms with Crippen LogP contribution < -0.4 is 4.74 Å². The molecule has 0 radical (unpaired) electrons. The maximum Gasteiger partial charge on any atom is 0.260 e. The van der Waals surface area contributed by atoms with Crippen LogP contribution in [0.3, 0.4) is 0 Å². The van der Waals surface area contributed by atoms with Crippen molar-refractivity contribution in [1.82, 2.24) is 14.9 Å². The lowest BCUT2D eigenvalue weighted by Gasteiger charge is -2.33. The molecular weight excluding hydrogens is 325 g/mol. The van der Waals surface area contributed by atoms with Gasteiger partial charge >= 0.3 is 0 Å². The summed E-state index contributed by atoms with van der Waals surface area (Å²) in [5, 5.41) is 0. The minimum Gasteiger partial charge on any atom is -0.481 e. The molecule has 1 atom stereocenters. The minimum absolute atomic E-state index is 0.0406. The van der Waals surface area contributed by atoms with Crippen molar-refractivity contribution in [2.75, 3.05) is 26.3 Å². The number of para-hydroxylation sites is 1. The van der Waals surface area contributed by atoms with E-state index < -0.39 is 5.82 Å². The van der Waals surface area contributed by atoms with E-state index in [1.165, 1.54) is 18.5 Å². The molecular formula is C18H20FN3O3. The van der Waals surface area contributed by atoms with Crippen LogP contribution in [0.15, 0.2) is 42.9 Å². The molecule has 1 aliphatic rings. The lowest BCUT2D eigenvalue weighted by atomic mass is 10.1. The van der Waals surface area contributed by atoms with Crippen molar-refractivity contribution >= 4 is 5.91 Å². The van der Waals surface area contributed by atoms with Crippen molar-refractivity contribution in [2.45, 2.75) is 18.9 Å². The van der Waals surface area contributed by atoms with E-state index in [1.54, 1.807) is 23.2 Å². The molecule has 2 heterocycles. The Morgan fingerprint density at radius 3 is 3.04 bits per heavy atom. The van der Waals surface area contributed by atoms with E-state index in [1.807, 2.05) is 6.07 Å². The number of morpholine rings is 1. The third-order valence-electron chi connectivity index (χ3n) is 4.04. The maximum atomic E-state index is 13.5. The van der Waals surface area contributed by atoms with Crippen molar-refractivity contribution in [1.29, 1.82) is 0 Å². The molecule has 132 valence electrons. The molecule has 1 aromatic heterocycles. The minimum atomic E-state index is -0.472. The number of hydrogen-bond donors (Lipinski definition) is 0. The quantitative estimate of drug-likeness (QED) is 0.799. The maximum absolute atomic E-state index is 13.5. The van der Waals surface area contributed by atoms with Crippen LogP contribution in [0.25, 0.3) is 0 Å². The topological polar surface area (TPSA) is 64.5 Å². The van der Waals surface area contributed by atoms with Gasteiger partial charge in [-0.1, -0.05) is 12.1 Å². The number of aryl methyl sites for hydroxylation is 1. The van der Waals surface area contributed by atoms with Crippen LogP contribution in [0.2, 0.25) is 0 Å². The fraction of sp³-hybridized carbons (Fsp3) is 0.389. The smallest absolute Gasteiger partial charge is 0.260 e. The summed E-state index contributed by atoms with van der Waals surface area (Å²) in [6, 6.07) is 7.92. The molecule has 0 bridgehead atoms. The van der Waals surface area contributed by atoms with Crippen molar-refractivity contribution in [3.63, 3.8) is 0 Å². The Morgan fingerprint density at radius 2 is 2.24 bits per heavy atom. The summed E-state index contributed by atoms with van der Waals surface area (Å²) < 4.78 is 24.5. The molecule has 0 N–H and O–H groups in total. The number of benzene rings is 1. The number of carbonyl (C=O) groups is 1. The SMILES string of the molecule is O=C(COc1ccccc1F)N1CCOC(CCc2ccncn2)C1. The van der Waals surface area contributed by atoms with Crippen molar-refractivity contribution in [3.05, 3.63) is 54.4 Å². The first kappa shape index (κ1) is 17.3. The molecule has 2 aromatic rings. The van der Waals surface area contributed by atoms with Gasteiger partial charge in [-0.25, -0.2) is 14.4 Å². The Bertz CT molecular complexity index is 699. The van der Waals surface area contributed by atoms with Gasteiger partial charge in [0.15, 0.2) is 18.2 Å². The van der Waals surface area contributed by atoms with Crippen LogP contribution in [0.1, 0.15) is 12.1 Å². The number of ether oxygens (including phenoxy) is 2. The lowest BCUT2D eigenvalue weighted by molar-refractivity contribution is -0.141. The van der Waals surface area contributed by atoms with E-state index >= 15 is 0 Å². The lowest BCUT2D eigenvalue weighted by Crippen LogP contribution is -2.47. The molecule has 25 heavy (non-hydrogen) atoms. The third-order valence-corrected chi connectivity index (χ3v) is 4.04. The van der Waals surface area contributed by atoms with Crippen LogP contribution in [0.5, 0.6) is 5.75 Å². The summed E-state index contributed by atoms with van der Waals surface area (Å²) in [5.41, 5.74) is 0.949. The highest BCUT2D eigenvalue weighted by atomic mass is 19.1. The van der Waals surface area contributed by atoms with Crippen LogP contribution >= 0.6 is 0 Å². The predicted molar refractivity (Wildman–Crippen MR) is 88.6 cm³/mol. The van der Waals surface area contributed by atoms with E-state index in [9.17, 15) is 9.18 Å². The van der Waals surface area contributed by atoms with Gasteiger partial charge in [0.05, 0.1) is 12.7 Å². The van der Waals surface area contributed by atoms with Crippen LogP contribution in [0, 0.1) is 5.82 Å². The molecule has 0 saturated carbocycles. The molecule has 6 nitrogen and oxygen atoms in total. The first-order valence-electron chi connectivity index (χ1n) is 8.24. The highest BCUT2D eigenvalue weighted by Gasteiger charge is 2.24. The van der Waals surface area contributed by atoms with Crippen LogP contribution in [0.4, 0.5) is 4.39 Å². The van der Waals surface area contributed by atoms with Gasteiger partial charge in [-0.15, -0.1) is 0 Å². The molecule has 0 spiro atoms. The van der Waals surface area contributed by atoms with Gasteiger partial charge in [0, 0.05) is 25.0 Å². The zero-order valence-corrected chi connectivity index (χ0v) is 13.8. The van der Waals surface area contributed by atoms with Gasteiger partial charge in [0.1, 0.15) is 6.33 Å². The number of carbonyl (C=O) groups excluding carboxylic acids is 1. The molecule has 7 heteroatoms. The van der Waals surface area contributed by atoms with Gasteiger partial charge in [-0.05, 0) is 31.0 Å². The molecule has 1 amide bonds. The second-order valence-electron chi connectivity index (χ2n) is 5.79. The van der Waals surface area contributed by atoms with Crippen LogP contribution in [-0.2, 0) is 16.0 Å². The Hall–Kier alpha value is -2.54. The normalized spacial score (nSPS) is 17.3. The number of aromatic nitrogens is 2. The Balaban J connectivity index is 1.47. The first-order chi connectivity index (χ1) is 12.2. The molecule has 3 rings (SSSR count). The number of hydrogen-bond acceptors (Lipinski definition) is 5. The molecule has 1 aromatic carbocycles. The van der Waals surface area contributed by atoms with Gasteiger partial charge in [0.25, 0.3) is 5.91 Å². The largest absolute Gasteiger partial charge is 0.481 e. The number of rotatable bonds is 6. The second kappa shape index (κ2) is 8.53. The summed E-state index contributed by atoms with van der Waals surface area (Å²) in [4.78, 5) is 22.1. The zero-order valence-electron chi connectivity index (χ0n) is 13.8. The Labute approximate surface area is 145 Å². The van der Waals surface area contributed by atoms with Crippen LogP contribution in [-0.4, -0.2) is 53.2 Å². The highest BCUT2D eigenvalue weighted by molar-refractivity contribution is 5.77. The molecule has 1 fully saturated rings. The van der Waals surface area contributed by atoms with E-state index in [0.717, 1.165) is 18.5 Å². The monoisotopic (exact) mass is 345 g/mol. The van der Waals surface area contributed by atoms with Crippen molar-refractivity contribution in [3.8, 4) is 5.75 Å². The van der Waals surface area contributed by atoms with E-state index in [-0.39, 0.29) is 24.4 Å². The van der Waals surface area contributed by atoms with E-state index in [2.05, 4.69) is 9.97 Å². The highest BCUT2D eigenvalue weighted by Crippen LogP contribution is 2.16. The van der Waals surface area contributed by atoms with Crippen molar-refractivity contribution in [2.24, 2.45) is 0 Å². The van der Waals surface area contributed by atoms with Gasteiger partial charge in [-0.3, -0.25) is 4.79 Å². The number of nitrogens with zero attached hydrogens (tertiary/aromatic N) is 3.